The molecule has 6 aliphatic rings. The van der Waals surface area contributed by atoms with Crippen LogP contribution in [0.4, 0.5) is 0 Å². The minimum Gasteiger partial charge on any atom is -0.508 e. The Kier molecular flexibility index (Phi) is 29.0. The third kappa shape index (κ3) is 20.1. The van der Waals surface area contributed by atoms with Gasteiger partial charge >= 0.3 is 35.8 Å². The lowest BCUT2D eigenvalue weighted by Gasteiger charge is -2.51. The zero-order chi connectivity index (χ0) is 77.9. The number of hydrogen-bond donors (Lipinski definition) is 15. The van der Waals surface area contributed by atoms with Gasteiger partial charge in [-0.1, -0.05) is 36.4 Å². The summed E-state index contributed by atoms with van der Waals surface area (Å²) < 4.78 is 108. The zero-order valence-corrected chi connectivity index (χ0v) is 57.7. The Balaban J connectivity index is 1.21. The highest BCUT2D eigenvalue weighted by Crippen LogP contribution is 2.44. The van der Waals surface area contributed by atoms with Crippen molar-refractivity contribution in [1.82, 2.24) is 0 Å². The van der Waals surface area contributed by atoms with Gasteiger partial charge in [-0.05, 0) is 66.6 Å². The summed E-state index contributed by atoms with van der Waals surface area (Å²) in [6, 6.07) is 16.3. The molecule has 6 fully saturated rings. The van der Waals surface area contributed by atoms with Crippen LogP contribution in [0.5, 0.6) is 17.2 Å². The first kappa shape index (κ1) is 83.4. The quantitative estimate of drug-likeness (QED) is 0.0183. The molecule has 6 heterocycles. The molecule has 29 unspecified atom stereocenters. The smallest absolute Gasteiger partial charge is 0.338 e. The Morgan fingerprint density at radius 1 is 0.458 bits per heavy atom. The van der Waals surface area contributed by atoms with Crippen molar-refractivity contribution in [3.63, 3.8) is 0 Å². The second-order valence-corrected chi connectivity index (χ2v) is 25.4. The number of aliphatic hydroxyl groups excluding tert-OH is 14. The number of benzene rings is 3. The topological polar surface area (TPSA) is 572 Å². The molecule has 6 saturated heterocycles. The predicted octanol–water partition coefficient (Wildman–Crippen LogP) is -5.90. The fraction of sp³-hybridized carbons (Fsp3) is 0.588. The Bertz CT molecular complexity index is 3510. The van der Waals surface area contributed by atoms with Gasteiger partial charge in [0.25, 0.3) is 0 Å². The lowest BCUT2D eigenvalue weighted by molar-refractivity contribution is -0.423. The number of carbonyl (C=O) groups is 6. The Labute approximate surface area is 607 Å². The van der Waals surface area contributed by atoms with E-state index in [1.165, 1.54) is 92.9 Å². The lowest BCUT2D eigenvalue weighted by atomic mass is 9.95. The first-order chi connectivity index (χ1) is 50.9. The van der Waals surface area contributed by atoms with E-state index in [-0.39, 0.29) is 28.4 Å². The number of esters is 6. The van der Waals surface area contributed by atoms with Crippen LogP contribution in [0.2, 0.25) is 0 Å². The highest BCUT2D eigenvalue weighted by molar-refractivity contribution is 5.90. The van der Waals surface area contributed by atoms with Gasteiger partial charge in [-0.3, -0.25) is 14.4 Å². The van der Waals surface area contributed by atoms with Crippen molar-refractivity contribution in [1.29, 1.82) is 0 Å². The first-order valence-corrected chi connectivity index (χ1v) is 33.4. The van der Waals surface area contributed by atoms with Gasteiger partial charge in [0.15, 0.2) is 55.0 Å². The number of phenolic OH excluding ortho intramolecular Hbond substituents is 1. The molecule has 0 aliphatic carbocycles. The third-order valence-electron chi connectivity index (χ3n) is 17.8. The molecule has 0 aromatic heterocycles. The summed E-state index contributed by atoms with van der Waals surface area (Å²) in [5, 5.41) is 165. The summed E-state index contributed by atoms with van der Waals surface area (Å²) in [5.41, 5.74) is 0.272. The Morgan fingerprint density at radius 3 is 1.53 bits per heavy atom. The van der Waals surface area contributed by atoms with Crippen molar-refractivity contribution in [2.45, 2.75) is 205 Å². The number of ether oxygens (including phenoxy) is 18. The van der Waals surface area contributed by atoms with E-state index >= 15 is 0 Å². The normalized spacial score (nSPS) is 37.3. The molecular formula is C68H86O39. The largest absolute Gasteiger partial charge is 0.508 e. The fourth-order valence-corrected chi connectivity index (χ4v) is 12.2. The van der Waals surface area contributed by atoms with E-state index in [9.17, 15) is 105 Å². The van der Waals surface area contributed by atoms with E-state index in [1.807, 2.05) is 0 Å². The Hall–Kier alpha value is -7.60. The molecule has 0 amide bonds. The van der Waals surface area contributed by atoms with E-state index in [4.69, 9.17) is 85.3 Å². The summed E-state index contributed by atoms with van der Waals surface area (Å²) in [6.45, 7) is -2.52. The molecule has 0 saturated carbocycles. The molecule has 0 radical (unpaired) electrons. The van der Waals surface area contributed by atoms with Crippen LogP contribution >= 0.6 is 0 Å². The molecule has 9 rings (SSSR count). The van der Waals surface area contributed by atoms with Gasteiger partial charge in [0.1, 0.15) is 142 Å². The van der Waals surface area contributed by atoms with E-state index in [0.717, 1.165) is 39.0 Å². The standard InChI is InChI=1S/C68H86O39/c1-28-45(78)49(82)52(85)63(94-28)96-36-18-13-33(21-37(36)90-5)15-20-44(77)101-57-42(26-92-30(3)73)100-67(107-68(27-93-43(76)19-14-32-11-16-35(75)17-12-32)61(48(81)40(24-71)106-68)105-62(89)34-9-7-6-8-10-34)60(104-65-54(87)51(84)47(80)39(23-70)98-65)59(57)103-66-55(88)58(56(95-31(4)74)41(99-66)25-91-29(2)72)102-64-53(86)50(83)46(79)38(22-69)97-64/h6-21,28,38-42,45-61,63-67,69-71,75,78-88H,22-27H2,1-5H3. The van der Waals surface area contributed by atoms with Crippen molar-refractivity contribution in [3.05, 3.63) is 102 Å². The average Bonchev–Trinajstić information content (AvgIpc) is 1.43. The van der Waals surface area contributed by atoms with Crippen LogP contribution in [-0.2, 0) is 99.8 Å². The first-order valence-electron chi connectivity index (χ1n) is 33.4. The average molecular weight is 1530 g/mol. The molecule has 39 nitrogen and oxygen atoms in total. The van der Waals surface area contributed by atoms with Crippen molar-refractivity contribution >= 4 is 48.0 Å². The van der Waals surface area contributed by atoms with E-state index < -0.39 is 253 Å². The number of hydrogen-bond acceptors (Lipinski definition) is 39. The molecule has 39 heteroatoms. The van der Waals surface area contributed by atoms with Crippen molar-refractivity contribution < 1.29 is 191 Å². The SMILES string of the molecule is COc1cc(C=CC(=O)OC2C(COC(C)=O)OC(OC3(COC(=O)C=Cc4ccc(O)cc4)OC(CO)C(O)C3OC(=O)c3ccccc3)C(OC3OC(CO)C(O)C(O)C3O)C2OC2OC(COC(C)=O)C(OC(C)=O)C(OC3OC(CO)C(O)C(O)C3O)C2O)ccc1OC1OC(C)C(O)C(O)C1O. The monoisotopic (exact) mass is 1530 g/mol. The second kappa shape index (κ2) is 37.2. The third-order valence-corrected chi connectivity index (χ3v) is 17.8. The highest BCUT2D eigenvalue weighted by atomic mass is 16.8. The molecular weight excluding hydrogens is 1440 g/mol. The van der Waals surface area contributed by atoms with Gasteiger partial charge in [0.2, 0.25) is 12.1 Å². The van der Waals surface area contributed by atoms with E-state index in [1.54, 1.807) is 0 Å². The van der Waals surface area contributed by atoms with Crippen LogP contribution in [0.3, 0.4) is 0 Å². The van der Waals surface area contributed by atoms with Crippen LogP contribution in [0.15, 0.2) is 84.9 Å². The van der Waals surface area contributed by atoms with Gasteiger partial charge in [0.05, 0.1) is 38.6 Å². The molecule has 0 bridgehead atoms. The number of phenols is 1. The molecule has 15 N–H and O–H groups in total. The molecule has 107 heavy (non-hydrogen) atoms. The number of carbonyl (C=O) groups excluding carboxylic acids is 6. The van der Waals surface area contributed by atoms with Crippen LogP contribution in [0.1, 0.15) is 49.2 Å². The predicted molar refractivity (Wildman–Crippen MR) is 345 cm³/mol. The zero-order valence-electron chi connectivity index (χ0n) is 57.7. The summed E-state index contributed by atoms with van der Waals surface area (Å²) in [6.07, 6.45) is -54.6. The second-order valence-electron chi connectivity index (χ2n) is 25.4. The van der Waals surface area contributed by atoms with Crippen LogP contribution in [0, 0.1) is 0 Å². The van der Waals surface area contributed by atoms with E-state index in [0.29, 0.717) is 5.56 Å². The number of aromatic hydroxyl groups is 1. The molecule has 3 aromatic carbocycles. The lowest BCUT2D eigenvalue weighted by Crippen LogP contribution is -2.70. The molecule has 29 atom stereocenters. The maximum atomic E-state index is 14.9. The fourth-order valence-electron chi connectivity index (χ4n) is 12.2. The van der Waals surface area contributed by atoms with Crippen LogP contribution < -0.4 is 9.47 Å². The number of aliphatic hydroxyl groups is 14. The Morgan fingerprint density at radius 2 is 0.963 bits per heavy atom. The van der Waals surface area contributed by atoms with Gasteiger partial charge in [-0.25, -0.2) is 14.4 Å². The molecule has 592 valence electrons. The minimum atomic E-state index is -3.08. The van der Waals surface area contributed by atoms with Gasteiger partial charge < -0.3 is 162 Å². The molecule has 6 aliphatic heterocycles. The van der Waals surface area contributed by atoms with Crippen molar-refractivity contribution in [2.24, 2.45) is 0 Å². The van der Waals surface area contributed by atoms with E-state index in [2.05, 4.69) is 0 Å². The number of methoxy groups -OCH3 is 1. The summed E-state index contributed by atoms with van der Waals surface area (Å²) in [7, 11) is 1.22. The van der Waals surface area contributed by atoms with Crippen molar-refractivity contribution in [2.75, 3.05) is 46.8 Å². The van der Waals surface area contributed by atoms with Crippen LogP contribution in [0.25, 0.3) is 12.2 Å². The summed E-state index contributed by atoms with van der Waals surface area (Å²) >= 11 is 0. The molecule has 0 spiro atoms. The maximum absolute atomic E-state index is 14.9. The minimum absolute atomic E-state index is 0.0681. The maximum Gasteiger partial charge on any atom is 0.338 e. The van der Waals surface area contributed by atoms with Gasteiger partial charge in [-0.15, -0.1) is 0 Å². The molecule has 3 aromatic rings. The summed E-state index contributed by atoms with van der Waals surface area (Å²) in [4.78, 5) is 81.8. The van der Waals surface area contributed by atoms with Crippen LogP contribution in [-0.4, -0.2) is 337 Å². The summed E-state index contributed by atoms with van der Waals surface area (Å²) in [5.74, 6) is -10.5. The van der Waals surface area contributed by atoms with Crippen molar-refractivity contribution in [3.8, 4) is 17.2 Å². The number of rotatable bonds is 28. The van der Waals surface area contributed by atoms with Gasteiger partial charge in [0, 0.05) is 32.9 Å². The highest BCUT2D eigenvalue weighted by Gasteiger charge is 2.65. The van der Waals surface area contributed by atoms with Gasteiger partial charge in [-0.2, -0.15) is 0 Å².